The highest BCUT2D eigenvalue weighted by Gasteiger charge is 2.24. The van der Waals surface area contributed by atoms with Crippen LogP contribution in [0.25, 0.3) is 0 Å². The number of nitrogens with zero attached hydrogens (tertiary/aromatic N) is 1. The van der Waals surface area contributed by atoms with Gasteiger partial charge in [0.25, 0.3) is 0 Å². The van der Waals surface area contributed by atoms with E-state index >= 15 is 0 Å². The molecule has 0 saturated carbocycles. The quantitative estimate of drug-likeness (QED) is 0.816. The lowest BCUT2D eigenvalue weighted by atomic mass is 10.1. The second-order valence-corrected chi connectivity index (χ2v) is 4.60. The molecule has 0 amide bonds. The molecule has 2 aromatic rings. The Morgan fingerprint density at radius 3 is 2.84 bits per heavy atom. The molecule has 0 fully saturated rings. The Morgan fingerprint density at radius 2 is 2.05 bits per heavy atom. The zero-order valence-electron chi connectivity index (χ0n) is 10.3. The number of nitriles is 1. The molecular formula is C16H12FNO. The van der Waals surface area contributed by atoms with Crippen LogP contribution in [0.5, 0.6) is 5.75 Å². The van der Waals surface area contributed by atoms with Gasteiger partial charge < -0.3 is 4.74 Å². The second-order valence-electron chi connectivity index (χ2n) is 4.60. The molecule has 0 aliphatic heterocycles. The molecule has 0 bridgehead atoms. The van der Waals surface area contributed by atoms with Gasteiger partial charge in [0.05, 0.1) is 11.6 Å². The molecule has 2 aromatic carbocycles. The second kappa shape index (κ2) is 4.74. The lowest BCUT2D eigenvalue weighted by Gasteiger charge is -2.15. The highest BCUT2D eigenvalue weighted by molar-refractivity contribution is 5.38. The Hall–Kier alpha value is -2.34. The van der Waals surface area contributed by atoms with E-state index in [1.165, 1.54) is 17.7 Å². The molecule has 1 atom stereocenters. The topological polar surface area (TPSA) is 33.0 Å². The third kappa shape index (κ3) is 2.17. The molecule has 0 spiro atoms. The van der Waals surface area contributed by atoms with Gasteiger partial charge in [0, 0.05) is 0 Å². The number of halogens is 1. The molecule has 94 valence electrons. The van der Waals surface area contributed by atoms with Gasteiger partial charge >= 0.3 is 0 Å². The van der Waals surface area contributed by atoms with Gasteiger partial charge in [-0.05, 0) is 42.2 Å². The fourth-order valence-electron chi connectivity index (χ4n) is 2.46. The van der Waals surface area contributed by atoms with Gasteiger partial charge in [0.1, 0.15) is 6.10 Å². The summed E-state index contributed by atoms with van der Waals surface area (Å²) in [5.41, 5.74) is 2.70. The summed E-state index contributed by atoms with van der Waals surface area (Å²) in [6.45, 7) is 0. The van der Waals surface area contributed by atoms with Gasteiger partial charge in [0.15, 0.2) is 11.6 Å². The van der Waals surface area contributed by atoms with Crippen LogP contribution in [0, 0.1) is 17.1 Å². The SMILES string of the molecule is N#Cc1ccc(O[C@H]2CCc3ccccc32)c(F)c1. The summed E-state index contributed by atoms with van der Waals surface area (Å²) in [6, 6.07) is 14.3. The fraction of sp³-hybridized carbons (Fsp3) is 0.188. The van der Waals surface area contributed by atoms with Crippen LogP contribution >= 0.6 is 0 Å². The summed E-state index contributed by atoms with van der Waals surface area (Å²) in [5, 5.41) is 8.71. The lowest BCUT2D eigenvalue weighted by molar-refractivity contribution is 0.198. The molecule has 3 rings (SSSR count). The lowest BCUT2D eigenvalue weighted by Crippen LogP contribution is -2.04. The maximum atomic E-state index is 13.8. The number of hydrogen-bond acceptors (Lipinski definition) is 2. The molecule has 2 nitrogen and oxygen atoms in total. The predicted molar refractivity (Wildman–Crippen MR) is 69.2 cm³/mol. The monoisotopic (exact) mass is 253 g/mol. The van der Waals surface area contributed by atoms with Crippen LogP contribution in [-0.2, 0) is 6.42 Å². The molecule has 1 aliphatic rings. The van der Waals surface area contributed by atoms with E-state index in [0.29, 0.717) is 5.56 Å². The van der Waals surface area contributed by atoms with Gasteiger partial charge in [-0.25, -0.2) is 4.39 Å². The highest BCUT2D eigenvalue weighted by Crippen LogP contribution is 2.35. The molecular weight excluding hydrogens is 241 g/mol. The Morgan fingerprint density at radius 1 is 1.21 bits per heavy atom. The summed E-state index contributed by atoms with van der Waals surface area (Å²) in [6.07, 6.45) is 1.72. The van der Waals surface area contributed by atoms with Crippen molar-refractivity contribution in [2.24, 2.45) is 0 Å². The smallest absolute Gasteiger partial charge is 0.166 e. The summed E-state index contributed by atoms with van der Waals surface area (Å²) < 4.78 is 19.5. The average molecular weight is 253 g/mol. The molecule has 0 saturated heterocycles. The van der Waals surface area contributed by atoms with Crippen LogP contribution < -0.4 is 4.74 Å². The predicted octanol–water partition coefficient (Wildman–Crippen LogP) is 3.76. The van der Waals surface area contributed by atoms with Crippen molar-refractivity contribution in [2.45, 2.75) is 18.9 Å². The molecule has 0 N–H and O–H groups in total. The van der Waals surface area contributed by atoms with Gasteiger partial charge in [-0.15, -0.1) is 0 Å². The first-order chi connectivity index (χ1) is 9.28. The van der Waals surface area contributed by atoms with Crippen molar-refractivity contribution in [3.05, 3.63) is 65.0 Å². The Kier molecular flexibility index (Phi) is 2.92. The normalized spacial score (nSPS) is 16.7. The van der Waals surface area contributed by atoms with E-state index in [1.807, 2.05) is 24.3 Å². The number of benzene rings is 2. The molecule has 0 unspecified atom stereocenters. The third-order valence-corrected chi connectivity index (χ3v) is 3.41. The molecule has 3 heteroatoms. The van der Waals surface area contributed by atoms with E-state index in [0.717, 1.165) is 18.4 Å². The van der Waals surface area contributed by atoms with Crippen LogP contribution in [0.1, 0.15) is 29.2 Å². The van der Waals surface area contributed by atoms with E-state index in [-0.39, 0.29) is 11.9 Å². The zero-order valence-corrected chi connectivity index (χ0v) is 10.3. The van der Waals surface area contributed by atoms with Gasteiger partial charge in [-0.2, -0.15) is 5.26 Å². The maximum Gasteiger partial charge on any atom is 0.166 e. The Labute approximate surface area is 111 Å². The largest absolute Gasteiger partial charge is 0.483 e. The van der Waals surface area contributed by atoms with E-state index < -0.39 is 5.82 Å². The van der Waals surface area contributed by atoms with Crippen molar-refractivity contribution in [3.8, 4) is 11.8 Å². The summed E-state index contributed by atoms with van der Waals surface area (Å²) in [7, 11) is 0. The average Bonchev–Trinajstić information content (AvgIpc) is 2.84. The molecule has 0 heterocycles. The van der Waals surface area contributed by atoms with Crippen LogP contribution in [0.4, 0.5) is 4.39 Å². The van der Waals surface area contributed by atoms with Gasteiger partial charge in [0.2, 0.25) is 0 Å². The van der Waals surface area contributed by atoms with E-state index in [9.17, 15) is 4.39 Å². The maximum absolute atomic E-state index is 13.8. The molecule has 0 aromatic heterocycles. The standard InChI is InChI=1S/C16H12FNO/c17-14-9-11(10-18)5-7-16(14)19-15-8-6-12-3-1-2-4-13(12)15/h1-5,7,9,15H,6,8H2/t15-/m0/s1. The number of fused-ring (bicyclic) bond motifs is 1. The first-order valence-electron chi connectivity index (χ1n) is 6.22. The first kappa shape index (κ1) is 11.7. The Balaban J connectivity index is 1.86. The summed E-state index contributed by atoms with van der Waals surface area (Å²) >= 11 is 0. The Bertz CT molecular complexity index is 660. The van der Waals surface area contributed by atoms with E-state index in [4.69, 9.17) is 10.00 Å². The van der Waals surface area contributed by atoms with Crippen LogP contribution in [0.15, 0.2) is 42.5 Å². The van der Waals surface area contributed by atoms with Gasteiger partial charge in [-0.3, -0.25) is 0 Å². The van der Waals surface area contributed by atoms with Gasteiger partial charge in [-0.1, -0.05) is 24.3 Å². The number of rotatable bonds is 2. The molecule has 19 heavy (non-hydrogen) atoms. The third-order valence-electron chi connectivity index (χ3n) is 3.41. The van der Waals surface area contributed by atoms with Crippen LogP contribution in [0.2, 0.25) is 0 Å². The van der Waals surface area contributed by atoms with E-state index in [2.05, 4.69) is 6.07 Å². The van der Waals surface area contributed by atoms with Crippen LogP contribution in [0.3, 0.4) is 0 Å². The number of aryl methyl sites for hydroxylation is 1. The number of hydrogen-bond donors (Lipinski definition) is 0. The van der Waals surface area contributed by atoms with Crippen molar-refractivity contribution >= 4 is 0 Å². The summed E-state index contributed by atoms with van der Waals surface area (Å²) in [5.74, 6) is -0.274. The van der Waals surface area contributed by atoms with Crippen molar-refractivity contribution in [1.82, 2.24) is 0 Å². The minimum absolute atomic E-state index is 0.0985. The molecule has 0 radical (unpaired) electrons. The van der Waals surface area contributed by atoms with Crippen molar-refractivity contribution < 1.29 is 9.13 Å². The highest BCUT2D eigenvalue weighted by atomic mass is 19.1. The zero-order chi connectivity index (χ0) is 13.2. The van der Waals surface area contributed by atoms with Crippen molar-refractivity contribution in [2.75, 3.05) is 0 Å². The molecule has 1 aliphatic carbocycles. The summed E-state index contributed by atoms with van der Waals surface area (Å²) in [4.78, 5) is 0. The minimum Gasteiger partial charge on any atom is -0.483 e. The first-order valence-corrected chi connectivity index (χ1v) is 6.22. The fourth-order valence-corrected chi connectivity index (χ4v) is 2.46. The van der Waals surface area contributed by atoms with Crippen molar-refractivity contribution in [3.63, 3.8) is 0 Å². The van der Waals surface area contributed by atoms with E-state index in [1.54, 1.807) is 6.07 Å². The minimum atomic E-state index is -0.483. The van der Waals surface area contributed by atoms with Crippen molar-refractivity contribution in [1.29, 1.82) is 5.26 Å². The van der Waals surface area contributed by atoms with Crippen LogP contribution in [-0.4, -0.2) is 0 Å². The number of ether oxygens (including phenoxy) is 1.